The molecular formula is C14H11Cl2FN2O. The van der Waals surface area contributed by atoms with E-state index in [1.807, 2.05) is 0 Å². The lowest BCUT2D eigenvalue weighted by molar-refractivity contribution is 0.305. The quantitative estimate of drug-likeness (QED) is 0.662. The number of rotatable bonds is 4. The molecule has 0 fully saturated rings. The number of amidine groups is 1. The summed E-state index contributed by atoms with van der Waals surface area (Å²) < 4.78 is 18.9. The molecule has 2 aromatic rings. The summed E-state index contributed by atoms with van der Waals surface area (Å²) >= 11 is 11.8. The number of nitrogens with one attached hydrogen (secondary N) is 1. The van der Waals surface area contributed by atoms with Crippen molar-refractivity contribution >= 4 is 29.0 Å². The maximum Gasteiger partial charge on any atom is 0.142 e. The van der Waals surface area contributed by atoms with Crippen LogP contribution in [-0.4, -0.2) is 5.84 Å². The highest BCUT2D eigenvalue weighted by Gasteiger charge is 2.12. The summed E-state index contributed by atoms with van der Waals surface area (Å²) in [5, 5.41) is 7.84. The van der Waals surface area contributed by atoms with Crippen LogP contribution in [-0.2, 0) is 6.61 Å². The predicted octanol–water partition coefficient (Wildman–Crippen LogP) is 4.00. The Morgan fingerprint density at radius 1 is 1.20 bits per heavy atom. The first-order valence-electron chi connectivity index (χ1n) is 5.69. The van der Waals surface area contributed by atoms with E-state index in [9.17, 15) is 4.39 Å². The van der Waals surface area contributed by atoms with Gasteiger partial charge in [-0.2, -0.15) is 0 Å². The van der Waals surface area contributed by atoms with Crippen molar-refractivity contribution < 1.29 is 9.13 Å². The molecule has 3 nitrogen and oxygen atoms in total. The monoisotopic (exact) mass is 312 g/mol. The van der Waals surface area contributed by atoms with Crippen molar-refractivity contribution in [2.24, 2.45) is 5.73 Å². The second kappa shape index (κ2) is 6.11. The molecule has 0 aliphatic carbocycles. The summed E-state index contributed by atoms with van der Waals surface area (Å²) in [7, 11) is 0. The zero-order valence-electron chi connectivity index (χ0n) is 10.3. The lowest BCUT2D eigenvalue weighted by Crippen LogP contribution is -2.14. The van der Waals surface area contributed by atoms with Gasteiger partial charge in [0, 0.05) is 5.56 Å². The van der Waals surface area contributed by atoms with Gasteiger partial charge in [-0.3, -0.25) is 5.41 Å². The van der Waals surface area contributed by atoms with E-state index in [1.54, 1.807) is 30.3 Å². The molecule has 6 heteroatoms. The van der Waals surface area contributed by atoms with Gasteiger partial charge < -0.3 is 10.5 Å². The predicted molar refractivity (Wildman–Crippen MR) is 78.2 cm³/mol. The van der Waals surface area contributed by atoms with Crippen molar-refractivity contribution in [3.05, 3.63) is 63.4 Å². The van der Waals surface area contributed by atoms with Crippen LogP contribution in [0, 0.1) is 11.2 Å². The van der Waals surface area contributed by atoms with Crippen LogP contribution in [0.3, 0.4) is 0 Å². The average molecular weight is 313 g/mol. The highest BCUT2D eigenvalue weighted by atomic mass is 35.5. The summed E-state index contributed by atoms with van der Waals surface area (Å²) in [6, 6.07) is 9.40. The number of benzene rings is 2. The van der Waals surface area contributed by atoms with Gasteiger partial charge in [-0.15, -0.1) is 0 Å². The molecule has 0 radical (unpaired) electrons. The number of ether oxygens (including phenoxy) is 1. The molecule has 0 saturated carbocycles. The van der Waals surface area contributed by atoms with Crippen LogP contribution >= 0.6 is 23.2 Å². The summed E-state index contributed by atoms with van der Waals surface area (Å²) in [5.74, 6) is -0.355. The summed E-state index contributed by atoms with van der Waals surface area (Å²) in [5.41, 5.74) is 6.28. The lowest BCUT2D eigenvalue weighted by atomic mass is 10.2. The van der Waals surface area contributed by atoms with Crippen LogP contribution in [0.15, 0.2) is 36.4 Å². The summed E-state index contributed by atoms with van der Waals surface area (Å²) in [6.07, 6.45) is 0. The minimum atomic E-state index is -0.509. The normalized spacial score (nSPS) is 10.3. The Morgan fingerprint density at radius 3 is 2.60 bits per heavy atom. The van der Waals surface area contributed by atoms with E-state index in [4.69, 9.17) is 39.1 Å². The van der Waals surface area contributed by atoms with Gasteiger partial charge in [0.05, 0.1) is 15.6 Å². The molecule has 20 heavy (non-hydrogen) atoms. The SMILES string of the molecule is N=C(N)c1c(Cl)cccc1OCc1cccc(F)c1Cl. The average Bonchev–Trinajstić information content (AvgIpc) is 2.40. The third-order valence-electron chi connectivity index (χ3n) is 2.66. The van der Waals surface area contributed by atoms with E-state index < -0.39 is 5.82 Å². The summed E-state index contributed by atoms with van der Waals surface area (Å²) in [6.45, 7) is 0.0528. The molecule has 0 unspecified atom stereocenters. The number of nitrogens with two attached hydrogens (primary N) is 1. The Morgan fingerprint density at radius 2 is 1.90 bits per heavy atom. The largest absolute Gasteiger partial charge is 0.488 e. The molecule has 0 saturated heterocycles. The van der Waals surface area contributed by atoms with Crippen molar-refractivity contribution in [1.82, 2.24) is 0 Å². The second-order valence-electron chi connectivity index (χ2n) is 4.03. The standard InChI is InChI=1S/C14H11Cl2FN2O/c15-9-4-2-6-11(12(9)14(18)19)20-7-8-3-1-5-10(17)13(8)16/h1-6H,7H2,(H3,18,19). The fourth-order valence-corrected chi connectivity index (χ4v) is 2.15. The van der Waals surface area contributed by atoms with Gasteiger partial charge in [-0.25, -0.2) is 4.39 Å². The Labute approximate surface area is 125 Å². The number of nitrogen functional groups attached to an aromatic ring is 1. The van der Waals surface area contributed by atoms with Crippen molar-refractivity contribution in [3.63, 3.8) is 0 Å². The third kappa shape index (κ3) is 3.03. The van der Waals surface area contributed by atoms with Crippen LogP contribution in [0.5, 0.6) is 5.75 Å². The number of hydrogen-bond donors (Lipinski definition) is 2. The van der Waals surface area contributed by atoms with Crippen LogP contribution < -0.4 is 10.5 Å². The number of hydrogen-bond acceptors (Lipinski definition) is 2. The maximum atomic E-state index is 13.3. The Hall–Kier alpha value is -1.78. The Kier molecular flexibility index (Phi) is 4.47. The molecule has 3 N–H and O–H groups in total. The van der Waals surface area contributed by atoms with Crippen LogP contribution in [0.1, 0.15) is 11.1 Å². The van der Waals surface area contributed by atoms with Crippen molar-refractivity contribution in [2.45, 2.75) is 6.61 Å². The molecule has 0 atom stereocenters. The van der Waals surface area contributed by atoms with E-state index in [2.05, 4.69) is 0 Å². The van der Waals surface area contributed by atoms with Crippen LogP contribution in [0.2, 0.25) is 10.0 Å². The first-order valence-corrected chi connectivity index (χ1v) is 6.45. The van der Waals surface area contributed by atoms with E-state index in [0.717, 1.165) is 0 Å². The van der Waals surface area contributed by atoms with Gasteiger partial charge in [-0.1, -0.05) is 41.4 Å². The second-order valence-corrected chi connectivity index (χ2v) is 4.81. The molecule has 0 bridgehead atoms. The minimum Gasteiger partial charge on any atom is -0.488 e. The van der Waals surface area contributed by atoms with E-state index in [0.29, 0.717) is 21.9 Å². The van der Waals surface area contributed by atoms with Crippen molar-refractivity contribution in [1.29, 1.82) is 5.41 Å². The van der Waals surface area contributed by atoms with E-state index in [-0.39, 0.29) is 17.5 Å². The molecular weight excluding hydrogens is 302 g/mol. The van der Waals surface area contributed by atoms with Crippen molar-refractivity contribution in [2.75, 3.05) is 0 Å². The van der Waals surface area contributed by atoms with Gasteiger partial charge >= 0.3 is 0 Å². The Bertz CT molecular complexity index is 662. The van der Waals surface area contributed by atoms with Gasteiger partial charge in [-0.05, 0) is 18.2 Å². The molecule has 0 aliphatic heterocycles. The molecule has 0 aromatic heterocycles. The highest BCUT2D eigenvalue weighted by Crippen LogP contribution is 2.28. The van der Waals surface area contributed by atoms with Gasteiger partial charge in [0.1, 0.15) is 24.0 Å². The molecule has 104 valence electrons. The smallest absolute Gasteiger partial charge is 0.142 e. The fraction of sp³-hybridized carbons (Fsp3) is 0.0714. The lowest BCUT2D eigenvalue weighted by Gasteiger charge is -2.12. The first-order chi connectivity index (χ1) is 9.50. The molecule has 0 heterocycles. The first kappa shape index (κ1) is 14.6. The van der Waals surface area contributed by atoms with Gasteiger partial charge in [0.25, 0.3) is 0 Å². The van der Waals surface area contributed by atoms with Crippen LogP contribution in [0.4, 0.5) is 4.39 Å². The highest BCUT2D eigenvalue weighted by molar-refractivity contribution is 6.34. The van der Waals surface area contributed by atoms with Gasteiger partial charge in [0.2, 0.25) is 0 Å². The zero-order chi connectivity index (χ0) is 14.7. The topological polar surface area (TPSA) is 59.1 Å². The fourth-order valence-electron chi connectivity index (χ4n) is 1.70. The molecule has 0 spiro atoms. The molecule has 2 aromatic carbocycles. The Balaban J connectivity index is 2.26. The maximum absolute atomic E-state index is 13.3. The molecule has 0 amide bonds. The van der Waals surface area contributed by atoms with E-state index >= 15 is 0 Å². The minimum absolute atomic E-state index is 0.0129. The van der Waals surface area contributed by atoms with Gasteiger partial charge in [0.15, 0.2) is 0 Å². The van der Waals surface area contributed by atoms with E-state index in [1.165, 1.54) is 6.07 Å². The number of halogens is 3. The molecule has 0 aliphatic rings. The summed E-state index contributed by atoms with van der Waals surface area (Å²) in [4.78, 5) is 0. The molecule has 2 rings (SSSR count). The zero-order valence-corrected chi connectivity index (χ0v) is 11.8. The van der Waals surface area contributed by atoms with Crippen LogP contribution in [0.25, 0.3) is 0 Å². The third-order valence-corrected chi connectivity index (χ3v) is 3.40. The van der Waals surface area contributed by atoms with Crippen molar-refractivity contribution in [3.8, 4) is 5.75 Å².